The molecule has 2 rings (SSSR count). The molecule has 0 saturated carbocycles. The lowest BCUT2D eigenvalue weighted by Crippen LogP contribution is -2.49. The molecule has 1 fully saturated rings. The van der Waals surface area contributed by atoms with Gasteiger partial charge < -0.3 is 14.6 Å². The number of hydrogen-bond acceptors (Lipinski definition) is 6. The summed E-state index contributed by atoms with van der Waals surface area (Å²) in [7, 11) is -1.96. The summed E-state index contributed by atoms with van der Waals surface area (Å²) in [4.78, 5) is 13.1. The first kappa shape index (κ1) is 23.6. The third-order valence-electron chi connectivity index (χ3n) is 4.29. The van der Waals surface area contributed by atoms with Gasteiger partial charge >= 0.3 is 5.97 Å². The van der Waals surface area contributed by atoms with Crippen LogP contribution in [-0.2, 0) is 26.0 Å². The summed E-state index contributed by atoms with van der Waals surface area (Å²) < 4.78 is 35.3. The van der Waals surface area contributed by atoms with Gasteiger partial charge in [0.05, 0.1) is 26.1 Å². The van der Waals surface area contributed by atoms with Gasteiger partial charge in [0.25, 0.3) is 0 Å². The number of hydrogen-bond donors (Lipinski definition) is 1. The first-order chi connectivity index (χ1) is 12.3. The maximum absolute atomic E-state index is 11.8. The number of morpholine rings is 1. The number of methoxy groups -OCH3 is 1. The maximum Gasteiger partial charge on any atom is 0.318 e. The van der Waals surface area contributed by atoms with E-state index >= 15 is 0 Å². The Morgan fingerprint density at radius 3 is 2.59 bits per heavy atom. The van der Waals surface area contributed by atoms with Crippen LogP contribution in [0.25, 0.3) is 0 Å². The standard InChI is InChI=1S/C17H26N2O6S.ClH/c1-24-15-5-3-14(4-6-15)7-8-18-9-10-25-16(11-18)12-19(13-17(20)21)26(2,22)23;/h3-6,16H,7-13H2,1-2H3,(H,20,21);1H. The highest BCUT2D eigenvalue weighted by Crippen LogP contribution is 2.14. The van der Waals surface area contributed by atoms with E-state index in [4.69, 9.17) is 14.6 Å². The third kappa shape index (κ3) is 8.02. The van der Waals surface area contributed by atoms with Crippen molar-refractivity contribution in [2.75, 3.05) is 52.7 Å². The topological polar surface area (TPSA) is 96.4 Å². The Morgan fingerprint density at radius 1 is 1.37 bits per heavy atom. The van der Waals surface area contributed by atoms with Gasteiger partial charge in [-0.2, -0.15) is 4.31 Å². The van der Waals surface area contributed by atoms with E-state index in [1.165, 1.54) is 5.56 Å². The van der Waals surface area contributed by atoms with Gasteiger partial charge in [-0.3, -0.25) is 9.69 Å². The van der Waals surface area contributed by atoms with Crippen molar-refractivity contribution >= 4 is 28.4 Å². The summed E-state index contributed by atoms with van der Waals surface area (Å²) >= 11 is 0. The van der Waals surface area contributed by atoms with Crippen molar-refractivity contribution in [1.29, 1.82) is 0 Å². The van der Waals surface area contributed by atoms with Crippen molar-refractivity contribution in [3.05, 3.63) is 29.8 Å². The van der Waals surface area contributed by atoms with Gasteiger partial charge in [-0.25, -0.2) is 8.42 Å². The Bertz CT molecular complexity index is 698. The predicted molar refractivity (Wildman–Crippen MR) is 104 cm³/mol. The second kappa shape index (κ2) is 10.8. The zero-order chi connectivity index (χ0) is 19.2. The van der Waals surface area contributed by atoms with Crippen LogP contribution in [0.1, 0.15) is 5.56 Å². The van der Waals surface area contributed by atoms with Gasteiger partial charge in [-0.15, -0.1) is 12.4 Å². The molecular formula is C17H27ClN2O6S. The number of ether oxygens (including phenoxy) is 2. The molecular weight excluding hydrogens is 396 g/mol. The molecule has 27 heavy (non-hydrogen) atoms. The Morgan fingerprint density at radius 2 is 2.04 bits per heavy atom. The highest BCUT2D eigenvalue weighted by Gasteiger charge is 2.27. The largest absolute Gasteiger partial charge is 0.497 e. The van der Waals surface area contributed by atoms with Crippen LogP contribution in [0.4, 0.5) is 0 Å². The van der Waals surface area contributed by atoms with E-state index in [1.807, 2.05) is 24.3 Å². The van der Waals surface area contributed by atoms with Crippen molar-refractivity contribution in [1.82, 2.24) is 9.21 Å². The van der Waals surface area contributed by atoms with Gasteiger partial charge in [-0.1, -0.05) is 12.1 Å². The fourth-order valence-corrected chi connectivity index (χ4v) is 3.65. The number of halogens is 1. The fraction of sp³-hybridized carbons (Fsp3) is 0.588. The van der Waals surface area contributed by atoms with E-state index in [9.17, 15) is 13.2 Å². The van der Waals surface area contributed by atoms with E-state index < -0.39 is 22.5 Å². The second-order valence-corrected chi connectivity index (χ2v) is 8.32. The smallest absolute Gasteiger partial charge is 0.318 e. The monoisotopic (exact) mass is 422 g/mol. The molecule has 0 bridgehead atoms. The quantitative estimate of drug-likeness (QED) is 0.625. The molecule has 1 atom stereocenters. The van der Waals surface area contributed by atoms with Gasteiger partial charge in [0.1, 0.15) is 12.3 Å². The summed E-state index contributed by atoms with van der Waals surface area (Å²) in [5.41, 5.74) is 1.19. The molecule has 0 aliphatic carbocycles. The lowest BCUT2D eigenvalue weighted by Gasteiger charge is -2.34. The molecule has 8 nitrogen and oxygen atoms in total. The van der Waals surface area contributed by atoms with Gasteiger partial charge in [0.2, 0.25) is 10.0 Å². The van der Waals surface area contributed by atoms with Crippen LogP contribution >= 0.6 is 12.4 Å². The van der Waals surface area contributed by atoms with Crippen LogP contribution in [0, 0.1) is 0 Å². The lowest BCUT2D eigenvalue weighted by molar-refractivity contribution is -0.137. The highest BCUT2D eigenvalue weighted by molar-refractivity contribution is 7.88. The molecule has 1 aromatic rings. The SMILES string of the molecule is COc1ccc(CCN2CCOC(CN(CC(=O)O)S(C)(=O)=O)C2)cc1.Cl. The zero-order valence-electron chi connectivity index (χ0n) is 15.5. The van der Waals surface area contributed by atoms with Crippen molar-refractivity contribution in [2.24, 2.45) is 0 Å². The van der Waals surface area contributed by atoms with E-state index in [1.54, 1.807) is 7.11 Å². The highest BCUT2D eigenvalue weighted by atomic mass is 35.5. The Hall–Kier alpha value is -1.39. The second-order valence-electron chi connectivity index (χ2n) is 6.34. The van der Waals surface area contributed by atoms with Crippen LogP contribution < -0.4 is 4.74 Å². The van der Waals surface area contributed by atoms with Crippen LogP contribution in [-0.4, -0.2) is 87.5 Å². The normalized spacial score (nSPS) is 18.1. The molecule has 1 saturated heterocycles. The molecule has 1 aliphatic heterocycles. The molecule has 0 radical (unpaired) electrons. The summed E-state index contributed by atoms with van der Waals surface area (Å²) in [5, 5.41) is 8.91. The number of carboxylic acid groups (broad SMARTS) is 1. The number of carbonyl (C=O) groups is 1. The van der Waals surface area contributed by atoms with E-state index in [0.29, 0.717) is 13.2 Å². The molecule has 0 spiro atoms. The van der Waals surface area contributed by atoms with Crippen molar-refractivity contribution < 1.29 is 27.8 Å². The van der Waals surface area contributed by atoms with Crippen LogP contribution in [0.2, 0.25) is 0 Å². The Kier molecular flexibility index (Phi) is 9.48. The maximum atomic E-state index is 11.8. The van der Waals surface area contributed by atoms with Crippen LogP contribution in [0.15, 0.2) is 24.3 Å². The van der Waals surface area contributed by atoms with Crippen molar-refractivity contribution in [3.63, 3.8) is 0 Å². The molecule has 1 aromatic carbocycles. The first-order valence-corrected chi connectivity index (χ1v) is 10.3. The van der Waals surface area contributed by atoms with Crippen LogP contribution in [0.5, 0.6) is 5.75 Å². The average Bonchev–Trinajstić information content (AvgIpc) is 2.59. The van der Waals surface area contributed by atoms with Crippen molar-refractivity contribution in [3.8, 4) is 5.75 Å². The number of carboxylic acids is 1. The summed E-state index contributed by atoms with van der Waals surface area (Å²) in [6.45, 7) is 2.16. The minimum absolute atomic E-state index is 0. The van der Waals surface area contributed by atoms with Gasteiger partial charge in [-0.05, 0) is 24.1 Å². The van der Waals surface area contributed by atoms with Crippen LogP contribution in [0.3, 0.4) is 0 Å². The molecule has 154 valence electrons. The molecule has 1 N–H and O–H groups in total. The Labute approximate surface area is 166 Å². The number of aliphatic carboxylic acids is 1. The van der Waals surface area contributed by atoms with Gasteiger partial charge in [0.15, 0.2) is 0 Å². The molecule has 0 aromatic heterocycles. The van der Waals surface area contributed by atoms with E-state index in [0.717, 1.165) is 35.8 Å². The zero-order valence-corrected chi connectivity index (χ0v) is 17.2. The third-order valence-corrected chi connectivity index (χ3v) is 5.50. The van der Waals surface area contributed by atoms with Gasteiger partial charge in [0, 0.05) is 26.2 Å². The van der Waals surface area contributed by atoms with E-state index in [2.05, 4.69) is 4.90 Å². The fourth-order valence-electron chi connectivity index (χ4n) is 2.87. The molecule has 10 heteroatoms. The Balaban J connectivity index is 0.00000364. The lowest BCUT2D eigenvalue weighted by atomic mass is 10.1. The minimum atomic E-state index is -3.60. The summed E-state index contributed by atoms with van der Waals surface area (Å²) in [6.07, 6.45) is 1.54. The number of nitrogens with zero attached hydrogens (tertiary/aromatic N) is 2. The van der Waals surface area contributed by atoms with E-state index in [-0.39, 0.29) is 25.1 Å². The number of benzene rings is 1. The molecule has 0 amide bonds. The number of sulfonamides is 1. The molecule has 1 unspecified atom stereocenters. The molecule has 1 aliphatic rings. The molecule has 1 heterocycles. The average molecular weight is 423 g/mol. The first-order valence-electron chi connectivity index (χ1n) is 8.41. The number of rotatable bonds is 9. The minimum Gasteiger partial charge on any atom is -0.497 e. The summed E-state index contributed by atoms with van der Waals surface area (Å²) in [5.74, 6) is -0.359. The summed E-state index contributed by atoms with van der Waals surface area (Å²) in [6, 6.07) is 7.89. The van der Waals surface area contributed by atoms with Crippen molar-refractivity contribution in [2.45, 2.75) is 12.5 Å². The predicted octanol–water partition coefficient (Wildman–Crippen LogP) is 0.707.